The highest BCUT2D eigenvalue weighted by Crippen LogP contribution is 2.29. The lowest BCUT2D eigenvalue weighted by Gasteiger charge is -2.13. The van der Waals surface area contributed by atoms with E-state index in [4.69, 9.17) is 0 Å². The number of phenolic OH excluding ortho intramolecular Hbond substituents is 1. The van der Waals surface area contributed by atoms with Crippen molar-refractivity contribution in [3.63, 3.8) is 0 Å². The van der Waals surface area contributed by atoms with E-state index in [1.54, 1.807) is 36.4 Å². The van der Waals surface area contributed by atoms with Gasteiger partial charge < -0.3 is 10.4 Å². The van der Waals surface area contributed by atoms with Crippen LogP contribution in [0.5, 0.6) is 5.75 Å². The molecule has 30 heavy (non-hydrogen) atoms. The average molecular weight is 424 g/mol. The number of amidine groups is 1. The summed E-state index contributed by atoms with van der Waals surface area (Å²) in [5.74, 6) is -1.38. The van der Waals surface area contributed by atoms with Gasteiger partial charge in [0.2, 0.25) is 11.8 Å². The molecule has 0 bridgehead atoms. The average Bonchev–Trinajstić information content (AvgIpc) is 3.02. The van der Waals surface area contributed by atoms with Crippen LogP contribution in [0.4, 0.5) is 5.69 Å². The van der Waals surface area contributed by atoms with Gasteiger partial charge >= 0.3 is 0 Å². The van der Waals surface area contributed by atoms with Crippen LogP contribution in [0.3, 0.4) is 0 Å². The first-order valence-electron chi connectivity index (χ1n) is 9.09. The first-order chi connectivity index (χ1) is 14.5. The van der Waals surface area contributed by atoms with Gasteiger partial charge in [-0.15, -0.1) is 11.7 Å². The lowest BCUT2D eigenvalue weighted by molar-refractivity contribution is -0.127. The van der Waals surface area contributed by atoms with Crippen LogP contribution in [0.2, 0.25) is 0 Å². The summed E-state index contributed by atoms with van der Waals surface area (Å²) in [5, 5.41) is 16.1. The molecule has 0 saturated carbocycles. The number of carbonyl (C=O) groups excluding carboxylic acids is 3. The summed E-state index contributed by atoms with van der Waals surface area (Å²) in [6.07, 6.45) is 1.49. The number of hydrogen-bond acceptors (Lipinski definition) is 6. The molecule has 8 nitrogen and oxygen atoms in total. The molecule has 0 radical (unpaired) electrons. The Balaban J connectivity index is 1.68. The minimum absolute atomic E-state index is 0.0432. The summed E-state index contributed by atoms with van der Waals surface area (Å²) in [7, 11) is 0. The molecule has 0 aliphatic carbocycles. The Morgan fingerprint density at radius 2 is 1.87 bits per heavy atom. The van der Waals surface area contributed by atoms with Gasteiger partial charge in [0.1, 0.15) is 11.0 Å². The second-order valence-electron chi connectivity index (χ2n) is 6.31. The Labute approximate surface area is 177 Å². The smallest absolute Gasteiger partial charge is 0.275 e. The van der Waals surface area contributed by atoms with E-state index in [1.165, 1.54) is 23.1 Å². The minimum Gasteiger partial charge on any atom is -0.507 e. The van der Waals surface area contributed by atoms with Crippen molar-refractivity contribution in [3.8, 4) is 5.75 Å². The van der Waals surface area contributed by atoms with E-state index in [9.17, 15) is 19.5 Å². The van der Waals surface area contributed by atoms with Gasteiger partial charge in [0.05, 0.1) is 5.56 Å². The van der Waals surface area contributed by atoms with Gasteiger partial charge in [-0.3, -0.25) is 19.3 Å². The molecule has 3 N–H and O–H groups in total. The van der Waals surface area contributed by atoms with E-state index in [1.807, 2.05) is 6.07 Å². The first kappa shape index (κ1) is 21.1. The Morgan fingerprint density at radius 3 is 2.57 bits per heavy atom. The molecule has 0 spiro atoms. The summed E-state index contributed by atoms with van der Waals surface area (Å²) >= 11 is 1.09. The number of carbonyl (C=O) groups is 3. The Kier molecular flexibility index (Phi) is 6.87. The van der Waals surface area contributed by atoms with E-state index in [0.29, 0.717) is 5.69 Å². The highest BCUT2D eigenvalue weighted by Gasteiger charge is 2.38. The van der Waals surface area contributed by atoms with Crippen molar-refractivity contribution < 1.29 is 19.5 Å². The lowest BCUT2D eigenvalue weighted by Crippen LogP contribution is -2.34. The monoisotopic (exact) mass is 424 g/mol. The van der Waals surface area contributed by atoms with Crippen LogP contribution >= 0.6 is 11.8 Å². The van der Waals surface area contributed by atoms with Crippen LogP contribution in [0, 0.1) is 0 Å². The maximum Gasteiger partial charge on any atom is 0.275 e. The summed E-state index contributed by atoms with van der Waals surface area (Å²) in [5.41, 5.74) is 3.05. The highest BCUT2D eigenvalue weighted by molar-refractivity contribution is 8.15. The quantitative estimate of drug-likeness (QED) is 0.467. The van der Waals surface area contributed by atoms with Crippen LogP contribution in [0.25, 0.3) is 0 Å². The molecular weight excluding hydrogens is 404 g/mol. The molecule has 3 amide bonds. The number of aromatic hydroxyl groups is 1. The van der Waals surface area contributed by atoms with Crippen molar-refractivity contribution >= 4 is 40.3 Å². The fraction of sp³-hybridized carbons (Fsp3) is 0.143. The maximum atomic E-state index is 12.7. The van der Waals surface area contributed by atoms with Crippen LogP contribution in [0.1, 0.15) is 16.8 Å². The molecule has 1 saturated heterocycles. The third kappa shape index (κ3) is 5.06. The molecule has 1 fully saturated rings. The van der Waals surface area contributed by atoms with Crippen molar-refractivity contribution in [2.24, 2.45) is 5.10 Å². The van der Waals surface area contributed by atoms with Gasteiger partial charge in [-0.25, -0.2) is 5.43 Å². The fourth-order valence-corrected chi connectivity index (χ4v) is 3.86. The van der Waals surface area contributed by atoms with Gasteiger partial charge in [0.15, 0.2) is 5.17 Å². The number of anilines is 1. The first-order valence-corrected chi connectivity index (χ1v) is 9.97. The number of hydrogen-bond donors (Lipinski definition) is 3. The number of thioether (sulfide) groups is 1. The van der Waals surface area contributed by atoms with Crippen LogP contribution in [0.15, 0.2) is 72.4 Å². The molecule has 3 rings (SSSR count). The second kappa shape index (κ2) is 9.75. The number of benzene rings is 2. The van der Waals surface area contributed by atoms with Crippen LogP contribution in [-0.2, 0) is 9.59 Å². The predicted octanol–water partition coefficient (Wildman–Crippen LogP) is 2.55. The molecular formula is C21H20N4O4S. The number of nitrogens with zero attached hydrogens (tertiary/aromatic N) is 2. The lowest BCUT2D eigenvalue weighted by atomic mass is 10.2. The number of amides is 3. The van der Waals surface area contributed by atoms with Crippen LogP contribution < -0.4 is 10.7 Å². The van der Waals surface area contributed by atoms with Gasteiger partial charge in [-0.1, -0.05) is 48.2 Å². The molecule has 1 heterocycles. The van der Waals surface area contributed by atoms with Gasteiger partial charge in [0.25, 0.3) is 5.91 Å². The topological polar surface area (TPSA) is 111 Å². The maximum absolute atomic E-state index is 12.7. The van der Waals surface area contributed by atoms with Gasteiger partial charge in [-0.05, 0) is 24.3 Å². The fourth-order valence-electron chi connectivity index (χ4n) is 2.75. The third-order valence-corrected chi connectivity index (χ3v) is 5.34. The standard InChI is InChI=1S/C21H20N4O4S/c1-2-12-25-20(29)17(13-18(27)22-14-8-4-3-5-9-14)30-21(25)24-23-19(28)15-10-6-7-11-16(15)26/h2-11,17,26H,1,12-13H2,(H,22,27)(H,23,28)/b24-21+. The number of rotatable bonds is 7. The van der Waals surface area contributed by atoms with Crippen molar-refractivity contribution in [1.82, 2.24) is 10.3 Å². The minimum atomic E-state index is -0.672. The summed E-state index contributed by atoms with van der Waals surface area (Å²) in [6, 6.07) is 15.0. The van der Waals surface area contributed by atoms with E-state index in [2.05, 4.69) is 22.4 Å². The molecule has 1 unspecified atom stereocenters. The number of hydrazone groups is 1. The summed E-state index contributed by atoms with van der Waals surface area (Å²) in [6.45, 7) is 3.82. The SMILES string of the molecule is C=CCN1C(=O)C(CC(=O)Nc2ccccc2)S/C1=N/NC(=O)c1ccccc1O. The van der Waals surface area contributed by atoms with E-state index < -0.39 is 11.2 Å². The van der Waals surface area contributed by atoms with Crippen LogP contribution in [-0.4, -0.2) is 44.7 Å². The largest absolute Gasteiger partial charge is 0.507 e. The number of para-hydroxylation sites is 2. The van der Waals surface area contributed by atoms with Crippen molar-refractivity contribution in [3.05, 3.63) is 72.8 Å². The van der Waals surface area contributed by atoms with E-state index >= 15 is 0 Å². The zero-order chi connectivity index (χ0) is 21.5. The molecule has 0 aromatic heterocycles. The van der Waals surface area contributed by atoms with Crippen molar-refractivity contribution in [1.29, 1.82) is 0 Å². The molecule has 1 atom stereocenters. The summed E-state index contributed by atoms with van der Waals surface area (Å²) < 4.78 is 0. The molecule has 1 aliphatic rings. The number of phenols is 1. The van der Waals surface area contributed by atoms with Crippen molar-refractivity contribution in [2.45, 2.75) is 11.7 Å². The molecule has 2 aromatic carbocycles. The van der Waals surface area contributed by atoms with E-state index in [-0.39, 0.29) is 41.3 Å². The normalized spacial score (nSPS) is 17.1. The third-order valence-electron chi connectivity index (χ3n) is 4.16. The Morgan fingerprint density at radius 1 is 1.17 bits per heavy atom. The zero-order valence-electron chi connectivity index (χ0n) is 15.9. The molecule has 1 aliphatic heterocycles. The molecule has 2 aromatic rings. The highest BCUT2D eigenvalue weighted by atomic mass is 32.2. The Bertz CT molecular complexity index is 994. The number of nitrogens with one attached hydrogen (secondary N) is 2. The zero-order valence-corrected chi connectivity index (χ0v) is 16.8. The van der Waals surface area contributed by atoms with Gasteiger partial charge in [0, 0.05) is 18.7 Å². The molecule has 9 heteroatoms. The predicted molar refractivity (Wildman–Crippen MR) is 116 cm³/mol. The summed E-state index contributed by atoms with van der Waals surface area (Å²) in [4.78, 5) is 38.6. The molecule has 154 valence electrons. The van der Waals surface area contributed by atoms with E-state index in [0.717, 1.165) is 11.8 Å². The Hall–Kier alpha value is -3.59. The second-order valence-corrected chi connectivity index (χ2v) is 7.48. The van der Waals surface area contributed by atoms with Crippen molar-refractivity contribution in [2.75, 3.05) is 11.9 Å². The van der Waals surface area contributed by atoms with Gasteiger partial charge in [-0.2, -0.15) is 0 Å².